The lowest BCUT2D eigenvalue weighted by Gasteiger charge is -2.11. The van der Waals surface area contributed by atoms with Gasteiger partial charge in [0, 0.05) is 6.42 Å². The minimum Gasteiger partial charge on any atom is -0.478 e. The van der Waals surface area contributed by atoms with E-state index < -0.39 is 5.97 Å². The lowest BCUT2D eigenvalue weighted by atomic mass is 9.91. The van der Waals surface area contributed by atoms with Gasteiger partial charge in [-0.1, -0.05) is 42.5 Å². The molecule has 1 aliphatic rings. The van der Waals surface area contributed by atoms with Crippen LogP contribution in [0.3, 0.4) is 0 Å². The first-order valence-electron chi connectivity index (χ1n) is 4.93. The lowest BCUT2D eigenvalue weighted by molar-refractivity contribution is -0.134. The molecule has 1 aliphatic carbocycles. The van der Waals surface area contributed by atoms with Crippen LogP contribution in [0.2, 0.25) is 0 Å². The predicted octanol–water partition coefficient (Wildman–Crippen LogP) is 2.05. The van der Waals surface area contributed by atoms with Crippen molar-refractivity contribution in [2.24, 2.45) is 0 Å². The van der Waals surface area contributed by atoms with Crippen molar-refractivity contribution >= 4 is 17.3 Å². The molecule has 0 radical (unpaired) electrons. The van der Waals surface area contributed by atoms with Crippen molar-refractivity contribution in [1.82, 2.24) is 0 Å². The number of rotatable bonds is 2. The van der Waals surface area contributed by atoms with E-state index in [-0.39, 0.29) is 17.8 Å². The van der Waals surface area contributed by atoms with Crippen LogP contribution >= 0.6 is 0 Å². The molecule has 1 N–H and O–H groups in total. The van der Waals surface area contributed by atoms with Gasteiger partial charge in [0.2, 0.25) is 0 Å². The van der Waals surface area contributed by atoms with E-state index in [1.165, 1.54) is 0 Å². The summed E-state index contributed by atoms with van der Waals surface area (Å²) in [5.41, 5.74) is 1.13. The molecule has 2 rings (SSSR count). The van der Waals surface area contributed by atoms with Gasteiger partial charge >= 0.3 is 5.97 Å². The quantitative estimate of drug-likeness (QED) is 0.766. The van der Waals surface area contributed by atoms with Gasteiger partial charge < -0.3 is 5.11 Å². The summed E-state index contributed by atoms with van der Waals surface area (Å²) >= 11 is 0. The van der Waals surface area contributed by atoms with Crippen molar-refractivity contribution in [2.45, 2.75) is 6.42 Å². The van der Waals surface area contributed by atoms with Crippen LogP contribution < -0.4 is 0 Å². The zero-order chi connectivity index (χ0) is 11.5. The predicted molar refractivity (Wildman–Crippen MR) is 59.8 cm³/mol. The number of hydrogen-bond acceptors (Lipinski definition) is 2. The number of Topliss-reactive ketones (excluding diaryl/α,β-unsaturated/α-hetero) is 1. The van der Waals surface area contributed by atoms with E-state index in [9.17, 15) is 9.59 Å². The van der Waals surface area contributed by atoms with E-state index in [0.717, 1.165) is 5.56 Å². The van der Waals surface area contributed by atoms with E-state index in [1.807, 2.05) is 18.2 Å². The van der Waals surface area contributed by atoms with Gasteiger partial charge in [-0.25, -0.2) is 4.79 Å². The van der Waals surface area contributed by atoms with Crippen molar-refractivity contribution in [1.29, 1.82) is 0 Å². The molecule has 3 heteroatoms. The smallest absolute Gasteiger partial charge is 0.339 e. The van der Waals surface area contributed by atoms with Gasteiger partial charge in [-0.3, -0.25) is 4.79 Å². The fourth-order valence-electron chi connectivity index (χ4n) is 1.71. The molecule has 0 aromatic heterocycles. The topological polar surface area (TPSA) is 54.4 Å². The molecule has 80 valence electrons. The number of benzene rings is 1. The van der Waals surface area contributed by atoms with Gasteiger partial charge in [0.25, 0.3) is 0 Å². The zero-order valence-electron chi connectivity index (χ0n) is 8.51. The number of allylic oxidation sites excluding steroid dienone is 3. The maximum absolute atomic E-state index is 11.5. The second kappa shape index (κ2) is 4.14. The molecule has 1 aromatic rings. The highest BCUT2D eigenvalue weighted by atomic mass is 16.4. The summed E-state index contributed by atoms with van der Waals surface area (Å²) in [6.07, 6.45) is 3.55. The number of aliphatic carboxylic acids is 1. The molecular formula is C13H10O3. The highest BCUT2D eigenvalue weighted by Gasteiger charge is 2.23. The normalized spacial score (nSPS) is 15.4. The highest BCUT2D eigenvalue weighted by molar-refractivity contribution is 6.24. The molecule has 0 bridgehead atoms. The summed E-state index contributed by atoms with van der Waals surface area (Å²) in [6, 6.07) is 9.06. The monoisotopic (exact) mass is 214 g/mol. The van der Waals surface area contributed by atoms with Crippen LogP contribution in [-0.4, -0.2) is 16.9 Å². The Labute approximate surface area is 92.7 Å². The largest absolute Gasteiger partial charge is 0.478 e. The third kappa shape index (κ3) is 1.80. The fraction of sp³-hybridized carbons (Fsp3) is 0.0769. The van der Waals surface area contributed by atoms with Gasteiger partial charge in [0.05, 0.1) is 0 Å². The van der Waals surface area contributed by atoms with Gasteiger partial charge in [0.15, 0.2) is 5.78 Å². The molecule has 0 unspecified atom stereocenters. The molecule has 0 fully saturated rings. The summed E-state index contributed by atoms with van der Waals surface area (Å²) in [5.74, 6) is -1.50. The molecule has 0 amide bonds. The number of carbonyl (C=O) groups excluding carboxylic acids is 1. The van der Waals surface area contributed by atoms with Crippen LogP contribution in [0.4, 0.5) is 0 Å². The minimum atomic E-state index is -1.16. The maximum Gasteiger partial charge on any atom is 0.339 e. The van der Waals surface area contributed by atoms with E-state index in [2.05, 4.69) is 0 Å². The molecular weight excluding hydrogens is 204 g/mol. The van der Waals surface area contributed by atoms with Crippen molar-refractivity contribution in [3.63, 3.8) is 0 Å². The third-order valence-electron chi connectivity index (χ3n) is 2.43. The summed E-state index contributed by atoms with van der Waals surface area (Å²) < 4.78 is 0. The van der Waals surface area contributed by atoms with Crippen LogP contribution in [-0.2, 0) is 9.59 Å². The average Bonchev–Trinajstić information content (AvgIpc) is 2.29. The van der Waals surface area contributed by atoms with Crippen LogP contribution in [0.5, 0.6) is 0 Å². The third-order valence-corrected chi connectivity index (χ3v) is 2.43. The molecule has 0 saturated carbocycles. The summed E-state index contributed by atoms with van der Waals surface area (Å²) in [4.78, 5) is 22.6. The van der Waals surface area contributed by atoms with E-state index in [1.54, 1.807) is 24.3 Å². The van der Waals surface area contributed by atoms with E-state index in [0.29, 0.717) is 5.57 Å². The second-order valence-corrected chi connectivity index (χ2v) is 3.49. The second-order valence-electron chi connectivity index (χ2n) is 3.49. The van der Waals surface area contributed by atoms with Crippen molar-refractivity contribution in [2.75, 3.05) is 0 Å². The van der Waals surface area contributed by atoms with Crippen molar-refractivity contribution in [3.8, 4) is 0 Å². The van der Waals surface area contributed by atoms with Gasteiger partial charge in [-0.05, 0) is 11.1 Å². The summed E-state index contributed by atoms with van der Waals surface area (Å²) in [5, 5.41) is 9.03. The average molecular weight is 214 g/mol. The van der Waals surface area contributed by atoms with Crippen LogP contribution in [0.25, 0.3) is 5.57 Å². The zero-order valence-corrected chi connectivity index (χ0v) is 8.51. The molecule has 0 atom stereocenters. The molecule has 3 nitrogen and oxygen atoms in total. The standard InChI is InChI=1S/C13H10O3/c14-11-8-4-7-10(12(11)13(15)16)9-5-2-1-3-6-9/h1-7H,8H2,(H,15,16). The molecule has 0 saturated heterocycles. The number of carboxylic acids is 1. The van der Waals surface area contributed by atoms with Crippen LogP contribution in [0.1, 0.15) is 12.0 Å². The minimum absolute atomic E-state index is 0.117. The molecule has 0 aliphatic heterocycles. The Balaban J connectivity index is 2.59. The Hall–Kier alpha value is -2.16. The molecule has 1 aromatic carbocycles. The first-order chi connectivity index (χ1) is 7.70. The summed E-state index contributed by atoms with van der Waals surface area (Å²) in [6.45, 7) is 0. The maximum atomic E-state index is 11.5. The number of ketones is 1. The van der Waals surface area contributed by atoms with Crippen LogP contribution in [0, 0.1) is 0 Å². The fourth-order valence-corrected chi connectivity index (χ4v) is 1.71. The number of carboxylic acid groups (broad SMARTS) is 1. The van der Waals surface area contributed by atoms with E-state index in [4.69, 9.17) is 5.11 Å². The van der Waals surface area contributed by atoms with E-state index >= 15 is 0 Å². The lowest BCUT2D eigenvalue weighted by Crippen LogP contribution is -2.15. The van der Waals surface area contributed by atoms with Crippen LogP contribution in [0.15, 0.2) is 48.1 Å². The molecule has 0 heterocycles. The Kier molecular flexibility index (Phi) is 2.68. The first kappa shape index (κ1) is 10.4. The van der Waals surface area contributed by atoms with Crippen molar-refractivity contribution < 1.29 is 14.7 Å². The molecule has 16 heavy (non-hydrogen) atoms. The number of carbonyl (C=O) groups is 2. The Morgan fingerprint density at radius 1 is 1.19 bits per heavy atom. The number of hydrogen-bond donors (Lipinski definition) is 1. The molecule has 0 spiro atoms. The van der Waals surface area contributed by atoms with Gasteiger partial charge in [0.1, 0.15) is 5.57 Å². The Morgan fingerprint density at radius 3 is 2.50 bits per heavy atom. The van der Waals surface area contributed by atoms with Gasteiger partial charge in [-0.15, -0.1) is 0 Å². The SMILES string of the molecule is O=C(O)C1=C(c2ccccc2)C=CCC1=O. The Bertz CT molecular complexity index is 495. The summed E-state index contributed by atoms with van der Waals surface area (Å²) in [7, 11) is 0. The highest BCUT2D eigenvalue weighted by Crippen LogP contribution is 2.25. The van der Waals surface area contributed by atoms with Gasteiger partial charge in [-0.2, -0.15) is 0 Å². The Morgan fingerprint density at radius 2 is 1.88 bits per heavy atom. The van der Waals surface area contributed by atoms with Crippen molar-refractivity contribution in [3.05, 3.63) is 53.6 Å². The first-order valence-corrected chi connectivity index (χ1v) is 4.93.